The zero-order valence-electron chi connectivity index (χ0n) is 6.69. The minimum Gasteiger partial charge on any atom is -0.508 e. The van der Waals surface area contributed by atoms with Gasteiger partial charge in [-0.15, -0.1) is 11.3 Å². The van der Waals surface area contributed by atoms with Crippen LogP contribution in [0.25, 0.3) is 10.2 Å². The lowest BCUT2D eigenvalue weighted by Gasteiger charge is -1.87. The number of rotatable bonds is 1. The van der Waals surface area contributed by atoms with Gasteiger partial charge in [-0.05, 0) is 12.1 Å². The maximum absolute atomic E-state index is 9.17. The summed E-state index contributed by atoms with van der Waals surface area (Å²) >= 11 is 1.49. The predicted molar refractivity (Wildman–Crippen MR) is 50.6 cm³/mol. The van der Waals surface area contributed by atoms with Gasteiger partial charge in [0, 0.05) is 6.07 Å². The first-order chi connectivity index (χ1) is 6.29. The van der Waals surface area contributed by atoms with E-state index in [0.29, 0.717) is 6.42 Å². The predicted octanol–water partition coefficient (Wildman–Crippen LogP) is 2.07. The Morgan fingerprint density at radius 2 is 2.38 bits per heavy atom. The molecule has 0 bridgehead atoms. The second-order valence-electron chi connectivity index (χ2n) is 2.59. The summed E-state index contributed by atoms with van der Waals surface area (Å²) < 4.78 is 1.00. The first-order valence-electron chi connectivity index (χ1n) is 3.75. The molecule has 0 aliphatic heterocycles. The van der Waals surface area contributed by atoms with E-state index in [-0.39, 0.29) is 5.75 Å². The molecular weight excluding hydrogens is 184 g/mol. The van der Waals surface area contributed by atoms with Gasteiger partial charge in [-0.2, -0.15) is 5.26 Å². The summed E-state index contributed by atoms with van der Waals surface area (Å²) in [5, 5.41) is 18.4. The maximum Gasteiger partial charge on any atom is 0.117 e. The normalized spacial score (nSPS) is 10.1. The number of benzene rings is 1. The number of hydrogen-bond acceptors (Lipinski definition) is 4. The molecule has 0 atom stereocenters. The lowest BCUT2D eigenvalue weighted by atomic mass is 10.3. The topological polar surface area (TPSA) is 56.9 Å². The van der Waals surface area contributed by atoms with Gasteiger partial charge >= 0.3 is 0 Å². The van der Waals surface area contributed by atoms with Crippen molar-refractivity contribution in [1.82, 2.24) is 4.98 Å². The molecule has 1 N–H and O–H groups in total. The highest BCUT2D eigenvalue weighted by Gasteiger charge is 2.03. The van der Waals surface area contributed by atoms with Crippen molar-refractivity contribution in [3.63, 3.8) is 0 Å². The molecule has 1 heterocycles. The SMILES string of the molecule is N#CCc1nc2cc(O)ccc2s1. The summed E-state index contributed by atoms with van der Waals surface area (Å²) in [5.41, 5.74) is 0.759. The number of nitrogens with zero attached hydrogens (tertiary/aromatic N) is 2. The molecule has 64 valence electrons. The number of thiazole rings is 1. The van der Waals surface area contributed by atoms with E-state index in [1.807, 2.05) is 12.1 Å². The summed E-state index contributed by atoms with van der Waals surface area (Å²) in [6, 6.07) is 7.08. The van der Waals surface area contributed by atoms with Crippen molar-refractivity contribution < 1.29 is 5.11 Å². The van der Waals surface area contributed by atoms with Gasteiger partial charge in [0.2, 0.25) is 0 Å². The molecular formula is C9H6N2OS. The quantitative estimate of drug-likeness (QED) is 0.748. The maximum atomic E-state index is 9.17. The third-order valence-corrected chi connectivity index (χ3v) is 2.68. The first-order valence-corrected chi connectivity index (χ1v) is 4.56. The Balaban J connectivity index is 2.57. The molecule has 0 aliphatic rings. The van der Waals surface area contributed by atoms with Gasteiger partial charge in [-0.1, -0.05) is 0 Å². The summed E-state index contributed by atoms with van der Waals surface area (Å²) in [7, 11) is 0. The van der Waals surface area contributed by atoms with Gasteiger partial charge < -0.3 is 5.11 Å². The van der Waals surface area contributed by atoms with Crippen molar-refractivity contribution in [2.45, 2.75) is 6.42 Å². The first kappa shape index (κ1) is 8.02. The lowest BCUT2D eigenvalue weighted by molar-refractivity contribution is 0.476. The van der Waals surface area contributed by atoms with Crippen LogP contribution >= 0.6 is 11.3 Å². The fourth-order valence-electron chi connectivity index (χ4n) is 1.11. The number of nitriles is 1. The molecule has 1 aromatic carbocycles. The molecule has 0 spiro atoms. The standard InChI is InChI=1S/C9H6N2OS/c10-4-3-9-11-7-5-6(12)1-2-8(7)13-9/h1-2,5,12H,3H2. The van der Waals surface area contributed by atoms with Crippen LogP contribution in [-0.4, -0.2) is 10.1 Å². The second kappa shape index (κ2) is 3.04. The van der Waals surface area contributed by atoms with Crippen LogP contribution in [0.4, 0.5) is 0 Å². The van der Waals surface area contributed by atoms with Gasteiger partial charge in [0.05, 0.1) is 22.7 Å². The average molecular weight is 190 g/mol. The number of fused-ring (bicyclic) bond motifs is 1. The minimum absolute atomic E-state index is 0.210. The van der Waals surface area contributed by atoms with Crippen LogP contribution in [0, 0.1) is 11.3 Å². The molecule has 3 nitrogen and oxygen atoms in total. The molecule has 13 heavy (non-hydrogen) atoms. The Kier molecular flexibility index (Phi) is 1.87. The minimum atomic E-state index is 0.210. The van der Waals surface area contributed by atoms with Crippen LogP contribution in [0.3, 0.4) is 0 Å². The monoisotopic (exact) mass is 190 g/mol. The molecule has 0 amide bonds. The largest absolute Gasteiger partial charge is 0.508 e. The molecule has 0 saturated carbocycles. The molecule has 0 aliphatic carbocycles. The van der Waals surface area contributed by atoms with Crippen LogP contribution in [0.1, 0.15) is 5.01 Å². The van der Waals surface area contributed by atoms with Crippen molar-refractivity contribution in [2.75, 3.05) is 0 Å². The van der Waals surface area contributed by atoms with E-state index >= 15 is 0 Å². The van der Waals surface area contributed by atoms with E-state index < -0.39 is 0 Å². The molecule has 2 rings (SSSR count). The molecule has 4 heteroatoms. The van der Waals surface area contributed by atoms with Gasteiger partial charge in [0.25, 0.3) is 0 Å². The number of phenols is 1. The van der Waals surface area contributed by atoms with Crippen LogP contribution in [-0.2, 0) is 6.42 Å². The second-order valence-corrected chi connectivity index (χ2v) is 3.71. The summed E-state index contributed by atoms with van der Waals surface area (Å²) in [4.78, 5) is 4.20. The van der Waals surface area contributed by atoms with E-state index in [4.69, 9.17) is 10.4 Å². The van der Waals surface area contributed by atoms with Crippen molar-refractivity contribution in [3.05, 3.63) is 23.2 Å². The molecule has 0 radical (unpaired) electrons. The Hall–Kier alpha value is -1.60. The number of aromatic hydroxyl groups is 1. The van der Waals surface area contributed by atoms with E-state index in [1.54, 1.807) is 12.1 Å². The van der Waals surface area contributed by atoms with Crippen LogP contribution < -0.4 is 0 Å². The Morgan fingerprint density at radius 3 is 3.15 bits per heavy atom. The highest BCUT2D eigenvalue weighted by atomic mass is 32.1. The van der Waals surface area contributed by atoms with Crippen molar-refractivity contribution in [1.29, 1.82) is 5.26 Å². The Labute approximate surface area is 78.9 Å². The van der Waals surface area contributed by atoms with E-state index in [9.17, 15) is 0 Å². The zero-order chi connectivity index (χ0) is 9.26. The smallest absolute Gasteiger partial charge is 0.117 e. The Bertz CT molecular complexity index is 484. The highest BCUT2D eigenvalue weighted by molar-refractivity contribution is 7.18. The van der Waals surface area contributed by atoms with Gasteiger partial charge in [-0.3, -0.25) is 0 Å². The summed E-state index contributed by atoms with van der Waals surface area (Å²) in [6.07, 6.45) is 0.333. The average Bonchev–Trinajstić information content (AvgIpc) is 2.46. The van der Waals surface area contributed by atoms with Gasteiger partial charge in [0.15, 0.2) is 0 Å². The number of aromatic nitrogens is 1. The third-order valence-electron chi connectivity index (χ3n) is 1.65. The van der Waals surface area contributed by atoms with Gasteiger partial charge in [-0.25, -0.2) is 4.98 Å². The van der Waals surface area contributed by atoms with Crippen LogP contribution in [0.15, 0.2) is 18.2 Å². The van der Waals surface area contributed by atoms with Crippen LogP contribution in [0.2, 0.25) is 0 Å². The molecule has 2 aromatic rings. The van der Waals surface area contributed by atoms with E-state index in [1.165, 1.54) is 11.3 Å². The van der Waals surface area contributed by atoms with Gasteiger partial charge in [0.1, 0.15) is 10.8 Å². The van der Waals surface area contributed by atoms with Crippen LogP contribution in [0.5, 0.6) is 5.75 Å². The fraction of sp³-hybridized carbons (Fsp3) is 0.111. The third kappa shape index (κ3) is 1.46. The number of hydrogen-bond donors (Lipinski definition) is 1. The van der Waals surface area contributed by atoms with Crippen molar-refractivity contribution in [2.24, 2.45) is 0 Å². The van der Waals surface area contributed by atoms with E-state index in [0.717, 1.165) is 15.2 Å². The Morgan fingerprint density at radius 1 is 1.54 bits per heavy atom. The number of phenolic OH excluding ortho intramolecular Hbond substituents is 1. The van der Waals surface area contributed by atoms with Crippen molar-refractivity contribution >= 4 is 21.6 Å². The van der Waals surface area contributed by atoms with E-state index in [2.05, 4.69) is 4.98 Å². The molecule has 0 fully saturated rings. The molecule has 0 unspecified atom stereocenters. The molecule has 0 saturated heterocycles. The summed E-state index contributed by atoms with van der Waals surface area (Å²) in [5.74, 6) is 0.210. The lowest BCUT2D eigenvalue weighted by Crippen LogP contribution is -1.76. The van der Waals surface area contributed by atoms with Crippen molar-refractivity contribution in [3.8, 4) is 11.8 Å². The highest BCUT2D eigenvalue weighted by Crippen LogP contribution is 2.25. The zero-order valence-corrected chi connectivity index (χ0v) is 7.51. The fourth-order valence-corrected chi connectivity index (χ4v) is 1.99. The molecule has 1 aromatic heterocycles. The summed E-state index contributed by atoms with van der Waals surface area (Å²) in [6.45, 7) is 0.